The summed E-state index contributed by atoms with van der Waals surface area (Å²) in [5.41, 5.74) is 0. The number of halogens is 1. The van der Waals surface area contributed by atoms with Crippen LogP contribution in [0.15, 0.2) is 0 Å². The first-order valence-corrected chi connectivity index (χ1v) is 5.60. The fraction of sp³-hybridized carbons (Fsp3) is 0.909. The smallest absolute Gasteiger partial charge is 0.305 e. The third-order valence-corrected chi connectivity index (χ3v) is 2.12. The summed E-state index contributed by atoms with van der Waals surface area (Å²) in [5, 5.41) is 9.31. The van der Waals surface area contributed by atoms with E-state index in [2.05, 4.69) is 0 Å². The highest BCUT2D eigenvalue weighted by molar-refractivity contribution is 5.69. The molecule has 1 unspecified atom stereocenters. The van der Waals surface area contributed by atoms with Gasteiger partial charge in [0.05, 0.1) is 19.4 Å². The zero-order chi connectivity index (χ0) is 11.5. The molecule has 0 aromatic carbocycles. The minimum atomic E-state index is -0.556. The number of aliphatic hydroxyl groups excluding tert-OH is 1. The van der Waals surface area contributed by atoms with Gasteiger partial charge < -0.3 is 9.84 Å². The van der Waals surface area contributed by atoms with Crippen LogP contribution in [0.3, 0.4) is 0 Å². The molecule has 3 nitrogen and oxygen atoms in total. The van der Waals surface area contributed by atoms with Crippen LogP contribution in [0.1, 0.15) is 45.4 Å². The molecular formula is C11H21FO3. The van der Waals surface area contributed by atoms with Crippen molar-refractivity contribution in [2.45, 2.75) is 51.6 Å². The van der Waals surface area contributed by atoms with Crippen LogP contribution in [-0.2, 0) is 9.53 Å². The number of ether oxygens (including phenoxy) is 1. The van der Waals surface area contributed by atoms with E-state index in [1.54, 1.807) is 0 Å². The van der Waals surface area contributed by atoms with Crippen LogP contribution in [0.2, 0.25) is 0 Å². The number of carbonyl (C=O) groups is 1. The van der Waals surface area contributed by atoms with Crippen LogP contribution >= 0.6 is 0 Å². The van der Waals surface area contributed by atoms with Crippen LogP contribution < -0.4 is 0 Å². The summed E-state index contributed by atoms with van der Waals surface area (Å²) in [6.07, 6.45) is 2.89. The third-order valence-electron chi connectivity index (χ3n) is 2.12. The van der Waals surface area contributed by atoms with Gasteiger partial charge in [-0.1, -0.05) is 13.3 Å². The van der Waals surface area contributed by atoms with Crippen molar-refractivity contribution in [3.63, 3.8) is 0 Å². The first-order chi connectivity index (χ1) is 7.20. The van der Waals surface area contributed by atoms with E-state index in [-0.39, 0.29) is 12.6 Å². The van der Waals surface area contributed by atoms with Gasteiger partial charge >= 0.3 is 5.97 Å². The van der Waals surface area contributed by atoms with Gasteiger partial charge in [0, 0.05) is 12.8 Å². The van der Waals surface area contributed by atoms with Gasteiger partial charge in [0.25, 0.3) is 0 Å². The van der Waals surface area contributed by atoms with Crippen LogP contribution in [0.4, 0.5) is 4.39 Å². The van der Waals surface area contributed by atoms with Crippen molar-refractivity contribution in [2.24, 2.45) is 0 Å². The lowest BCUT2D eigenvalue weighted by atomic mass is 10.1. The van der Waals surface area contributed by atoms with E-state index in [9.17, 15) is 14.3 Å². The first kappa shape index (κ1) is 14.4. The molecule has 1 atom stereocenters. The molecule has 0 heterocycles. The maximum absolute atomic E-state index is 11.7. The standard InChI is InChI=1S/C11H21FO3/c1-2-3-6-11(14)15-9-7-10(13)5-4-8-12/h10,13H,2-9H2,1H3. The minimum absolute atomic E-state index is 0.213. The molecule has 0 spiro atoms. The molecule has 0 aliphatic carbocycles. The summed E-state index contributed by atoms with van der Waals surface area (Å²) < 4.78 is 16.6. The van der Waals surface area contributed by atoms with Gasteiger partial charge in [0.2, 0.25) is 0 Å². The molecule has 0 rings (SSSR count). The Morgan fingerprint density at radius 3 is 2.73 bits per heavy atom. The molecule has 15 heavy (non-hydrogen) atoms. The van der Waals surface area contributed by atoms with E-state index in [0.29, 0.717) is 25.7 Å². The van der Waals surface area contributed by atoms with Crippen molar-refractivity contribution < 1.29 is 19.0 Å². The van der Waals surface area contributed by atoms with Crippen molar-refractivity contribution in [1.82, 2.24) is 0 Å². The minimum Gasteiger partial charge on any atom is -0.466 e. The second kappa shape index (κ2) is 9.90. The second-order valence-electron chi connectivity index (χ2n) is 3.60. The molecule has 0 amide bonds. The van der Waals surface area contributed by atoms with Gasteiger partial charge in [-0.15, -0.1) is 0 Å². The average Bonchev–Trinajstić information content (AvgIpc) is 2.23. The van der Waals surface area contributed by atoms with E-state index in [0.717, 1.165) is 12.8 Å². The summed E-state index contributed by atoms with van der Waals surface area (Å²) in [6, 6.07) is 0. The Morgan fingerprint density at radius 2 is 2.13 bits per heavy atom. The lowest BCUT2D eigenvalue weighted by Crippen LogP contribution is -2.13. The van der Waals surface area contributed by atoms with Crippen LogP contribution in [0.25, 0.3) is 0 Å². The number of hydrogen-bond donors (Lipinski definition) is 1. The summed E-state index contributed by atoms with van der Waals surface area (Å²) in [6.45, 7) is 1.83. The van der Waals surface area contributed by atoms with E-state index < -0.39 is 12.8 Å². The Balaban J connectivity index is 3.31. The highest BCUT2D eigenvalue weighted by Gasteiger charge is 2.06. The van der Waals surface area contributed by atoms with Gasteiger partial charge in [0.15, 0.2) is 0 Å². The summed E-state index contributed by atoms with van der Waals surface area (Å²) in [4.78, 5) is 11.0. The predicted molar refractivity (Wildman–Crippen MR) is 56.3 cm³/mol. The Hall–Kier alpha value is -0.640. The Kier molecular flexibility index (Phi) is 9.48. The van der Waals surface area contributed by atoms with Crippen molar-refractivity contribution in [3.05, 3.63) is 0 Å². The average molecular weight is 220 g/mol. The number of aliphatic hydroxyl groups is 1. The Morgan fingerprint density at radius 1 is 1.40 bits per heavy atom. The summed E-state index contributed by atoms with van der Waals surface area (Å²) in [5.74, 6) is -0.213. The summed E-state index contributed by atoms with van der Waals surface area (Å²) in [7, 11) is 0. The maximum Gasteiger partial charge on any atom is 0.305 e. The normalized spacial score (nSPS) is 12.5. The molecule has 0 radical (unpaired) electrons. The zero-order valence-corrected chi connectivity index (χ0v) is 9.38. The number of carbonyl (C=O) groups excluding carboxylic acids is 1. The highest BCUT2D eigenvalue weighted by Crippen LogP contribution is 2.03. The lowest BCUT2D eigenvalue weighted by Gasteiger charge is -2.09. The third kappa shape index (κ3) is 9.66. The van der Waals surface area contributed by atoms with Crippen molar-refractivity contribution in [2.75, 3.05) is 13.3 Å². The highest BCUT2D eigenvalue weighted by atomic mass is 19.1. The van der Waals surface area contributed by atoms with E-state index >= 15 is 0 Å². The van der Waals surface area contributed by atoms with Crippen LogP contribution in [0, 0.1) is 0 Å². The molecule has 0 saturated carbocycles. The fourth-order valence-electron chi connectivity index (χ4n) is 1.16. The van der Waals surface area contributed by atoms with Gasteiger partial charge in [-0.25, -0.2) is 0 Å². The molecule has 0 aromatic rings. The molecule has 0 fully saturated rings. The van der Waals surface area contributed by atoms with E-state index in [1.807, 2.05) is 6.92 Å². The van der Waals surface area contributed by atoms with Gasteiger partial charge in [-0.05, 0) is 19.3 Å². The number of rotatable bonds is 9. The molecule has 0 aromatic heterocycles. The molecule has 0 aliphatic rings. The van der Waals surface area contributed by atoms with E-state index in [4.69, 9.17) is 4.74 Å². The molecule has 4 heteroatoms. The first-order valence-electron chi connectivity index (χ1n) is 5.60. The maximum atomic E-state index is 11.7. The van der Waals surface area contributed by atoms with Gasteiger partial charge in [-0.3, -0.25) is 9.18 Å². The second-order valence-corrected chi connectivity index (χ2v) is 3.60. The topological polar surface area (TPSA) is 46.5 Å². The van der Waals surface area contributed by atoms with Crippen molar-refractivity contribution in [3.8, 4) is 0 Å². The summed E-state index contributed by atoms with van der Waals surface area (Å²) >= 11 is 0. The van der Waals surface area contributed by atoms with Gasteiger partial charge in [-0.2, -0.15) is 0 Å². The molecule has 90 valence electrons. The SMILES string of the molecule is CCCCC(=O)OCCC(O)CCCF. The number of esters is 1. The Labute approximate surface area is 90.6 Å². The van der Waals surface area contributed by atoms with Crippen molar-refractivity contribution in [1.29, 1.82) is 0 Å². The molecule has 0 bridgehead atoms. The number of hydrogen-bond acceptors (Lipinski definition) is 3. The van der Waals surface area contributed by atoms with Crippen LogP contribution in [0.5, 0.6) is 0 Å². The fourth-order valence-corrected chi connectivity index (χ4v) is 1.16. The number of unbranched alkanes of at least 4 members (excludes halogenated alkanes) is 1. The van der Waals surface area contributed by atoms with Crippen molar-refractivity contribution >= 4 is 5.97 Å². The number of alkyl halides is 1. The van der Waals surface area contributed by atoms with Crippen LogP contribution in [-0.4, -0.2) is 30.5 Å². The lowest BCUT2D eigenvalue weighted by molar-refractivity contribution is -0.144. The molecule has 1 N–H and O–H groups in total. The predicted octanol–water partition coefficient (Wildman–Crippen LogP) is 2.22. The monoisotopic (exact) mass is 220 g/mol. The molecular weight excluding hydrogens is 199 g/mol. The largest absolute Gasteiger partial charge is 0.466 e. The quantitative estimate of drug-likeness (QED) is 0.606. The van der Waals surface area contributed by atoms with E-state index in [1.165, 1.54) is 0 Å². The molecule has 0 saturated heterocycles. The molecule has 0 aliphatic heterocycles. The Bertz CT molecular complexity index is 162. The zero-order valence-electron chi connectivity index (χ0n) is 9.38. The van der Waals surface area contributed by atoms with Gasteiger partial charge in [0.1, 0.15) is 0 Å².